The minimum Gasteiger partial charge on any atom is -0.497 e. The van der Waals surface area contributed by atoms with Gasteiger partial charge in [0.2, 0.25) is 0 Å². The van der Waals surface area contributed by atoms with Crippen molar-refractivity contribution in [2.45, 2.75) is 13.0 Å². The highest BCUT2D eigenvalue weighted by atomic mass is 16.5. The predicted molar refractivity (Wildman–Crippen MR) is 101 cm³/mol. The van der Waals surface area contributed by atoms with Crippen molar-refractivity contribution < 1.29 is 9.15 Å². The van der Waals surface area contributed by atoms with Crippen molar-refractivity contribution >= 4 is 16.9 Å². The summed E-state index contributed by atoms with van der Waals surface area (Å²) in [5, 5.41) is 7.75. The van der Waals surface area contributed by atoms with E-state index in [-0.39, 0.29) is 0 Å². The number of benzene rings is 2. The molecule has 5 heteroatoms. The second-order valence-corrected chi connectivity index (χ2v) is 5.70. The molecule has 0 aliphatic carbocycles. The molecule has 2 aromatic carbocycles. The number of aliphatic imine (C=N–C) groups is 1. The van der Waals surface area contributed by atoms with E-state index in [1.165, 1.54) is 5.56 Å². The van der Waals surface area contributed by atoms with E-state index < -0.39 is 0 Å². The van der Waals surface area contributed by atoms with Crippen molar-refractivity contribution in [1.29, 1.82) is 0 Å². The van der Waals surface area contributed by atoms with E-state index in [2.05, 4.69) is 27.8 Å². The van der Waals surface area contributed by atoms with Gasteiger partial charge in [0, 0.05) is 31.9 Å². The summed E-state index contributed by atoms with van der Waals surface area (Å²) in [5.41, 5.74) is 2.10. The van der Waals surface area contributed by atoms with Gasteiger partial charge in [0.15, 0.2) is 5.96 Å². The van der Waals surface area contributed by atoms with Gasteiger partial charge in [-0.25, -0.2) is 0 Å². The number of furan rings is 1. The summed E-state index contributed by atoms with van der Waals surface area (Å²) in [6.07, 6.45) is 0.803. The van der Waals surface area contributed by atoms with Crippen LogP contribution in [0, 0.1) is 0 Å². The highest BCUT2D eigenvalue weighted by Crippen LogP contribution is 2.18. The molecule has 3 aromatic rings. The maximum Gasteiger partial charge on any atom is 0.191 e. The van der Waals surface area contributed by atoms with E-state index in [0.717, 1.165) is 41.4 Å². The van der Waals surface area contributed by atoms with E-state index in [1.54, 1.807) is 14.2 Å². The van der Waals surface area contributed by atoms with E-state index >= 15 is 0 Å². The zero-order chi connectivity index (χ0) is 17.5. The number of hydrogen-bond acceptors (Lipinski definition) is 3. The molecule has 1 aromatic heterocycles. The molecule has 0 radical (unpaired) electrons. The molecular weight excluding hydrogens is 314 g/mol. The highest BCUT2D eigenvalue weighted by molar-refractivity contribution is 5.80. The summed E-state index contributed by atoms with van der Waals surface area (Å²) in [6.45, 7) is 1.45. The number of fused-ring (bicyclic) bond motifs is 1. The molecule has 130 valence electrons. The number of hydrogen-bond donors (Lipinski definition) is 2. The molecule has 0 spiro atoms. The van der Waals surface area contributed by atoms with Crippen LogP contribution in [0.5, 0.6) is 5.75 Å². The van der Waals surface area contributed by atoms with Crippen molar-refractivity contribution in [2.75, 3.05) is 20.7 Å². The van der Waals surface area contributed by atoms with Crippen LogP contribution in [0.15, 0.2) is 64.0 Å². The zero-order valence-corrected chi connectivity index (χ0v) is 14.6. The van der Waals surface area contributed by atoms with Crippen LogP contribution in [-0.4, -0.2) is 26.7 Å². The summed E-state index contributed by atoms with van der Waals surface area (Å²) in [6, 6.07) is 18.1. The number of methoxy groups -OCH3 is 1. The number of nitrogens with one attached hydrogen (secondary N) is 2. The summed E-state index contributed by atoms with van der Waals surface area (Å²) >= 11 is 0. The fraction of sp³-hybridized carbons (Fsp3) is 0.250. The first-order valence-corrected chi connectivity index (χ1v) is 8.33. The molecule has 0 aliphatic heterocycles. The largest absolute Gasteiger partial charge is 0.497 e. The van der Waals surface area contributed by atoms with Crippen LogP contribution >= 0.6 is 0 Å². The molecule has 0 unspecified atom stereocenters. The van der Waals surface area contributed by atoms with Gasteiger partial charge in [-0.3, -0.25) is 4.99 Å². The SMILES string of the molecule is CN=C(NCCc1cc2ccccc2o1)NCc1ccc(OC)cc1. The number of ether oxygens (including phenoxy) is 1. The molecule has 0 saturated heterocycles. The summed E-state index contributed by atoms with van der Waals surface area (Å²) < 4.78 is 11.0. The smallest absolute Gasteiger partial charge is 0.191 e. The summed E-state index contributed by atoms with van der Waals surface area (Å²) in [7, 11) is 3.44. The Balaban J connectivity index is 1.47. The maximum absolute atomic E-state index is 5.82. The number of rotatable bonds is 6. The molecule has 2 N–H and O–H groups in total. The van der Waals surface area contributed by atoms with Gasteiger partial charge in [0.25, 0.3) is 0 Å². The molecule has 0 saturated carbocycles. The Kier molecular flexibility index (Phi) is 5.57. The van der Waals surface area contributed by atoms with Gasteiger partial charge in [-0.15, -0.1) is 0 Å². The molecule has 25 heavy (non-hydrogen) atoms. The van der Waals surface area contributed by atoms with Gasteiger partial charge in [0.05, 0.1) is 7.11 Å². The second kappa shape index (κ2) is 8.24. The third-order valence-corrected chi connectivity index (χ3v) is 3.98. The van der Waals surface area contributed by atoms with Gasteiger partial charge < -0.3 is 19.8 Å². The number of guanidine groups is 1. The monoisotopic (exact) mass is 337 g/mol. The topological polar surface area (TPSA) is 58.8 Å². The molecule has 5 nitrogen and oxygen atoms in total. The first-order chi connectivity index (χ1) is 12.3. The first kappa shape index (κ1) is 16.9. The summed E-state index contributed by atoms with van der Waals surface area (Å²) in [4.78, 5) is 4.25. The lowest BCUT2D eigenvalue weighted by atomic mass is 10.2. The van der Waals surface area contributed by atoms with Gasteiger partial charge in [0.1, 0.15) is 17.1 Å². The molecule has 0 atom stereocenters. The van der Waals surface area contributed by atoms with Gasteiger partial charge in [-0.1, -0.05) is 30.3 Å². The lowest BCUT2D eigenvalue weighted by Crippen LogP contribution is -2.37. The van der Waals surface area contributed by atoms with Crippen LogP contribution < -0.4 is 15.4 Å². The normalized spacial score (nSPS) is 11.5. The fourth-order valence-corrected chi connectivity index (χ4v) is 2.61. The Bertz CT molecular complexity index is 805. The second-order valence-electron chi connectivity index (χ2n) is 5.70. The van der Waals surface area contributed by atoms with Gasteiger partial charge in [-0.05, 0) is 29.8 Å². The van der Waals surface area contributed by atoms with Crippen LogP contribution in [-0.2, 0) is 13.0 Å². The lowest BCUT2D eigenvalue weighted by Gasteiger charge is -2.11. The Morgan fingerprint density at radius 1 is 1.08 bits per heavy atom. The van der Waals surface area contributed by atoms with E-state index in [0.29, 0.717) is 6.54 Å². The summed E-state index contributed by atoms with van der Waals surface area (Å²) in [5.74, 6) is 2.60. The average Bonchev–Trinajstić information content (AvgIpc) is 3.07. The predicted octanol–water partition coefficient (Wildman–Crippen LogP) is 3.35. The molecule has 1 heterocycles. The van der Waals surface area contributed by atoms with E-state index in [9.17, 15) is 0 Å². The standard InChI is InChI=1S/C20H23N3O2/c1-21-20(23-14-15-7-9-17(24-2)10-8-15)22-12-11-18-13-16-5-3-4-6-19(16)25-18/h3-10,13H,11-12,14H2,1-2H3,(H2,21,22,23). The highest BCUT2D eigenvalue weighted by Gasteiger charge is 2.04. The molecule has 3 rings (SSSR count). The fourth-order valence-electron chi connectivity index (χ4n) is 2.61. The lowest BCUT2D eigenvalue weighted by molar-refractivity contribution is 0.414. The van der Waals surface area contributed by atoms with Crippen LogP contribution in [0.25, 0.3) is 11.0 Å². The van der Waals surface area contributed by atoms with Crippen LogP contribution in [0.2, 0.25) is 0 Å². The minimum atomic E-state index is 0.703. The molecule has 0 bridgehead atoms. The zero-order valence-electron chi connectivity index (χ0n) is 14.6. The number of nitrogens with zero attached hydrogens (tertiary/aromatic N) is 1. The van der Waals surface area contributed by atoms with Gasteiger partial charge in [-0.2, -0.15) is 0 Å². The Labute approximate surface area is 147 Å². The van der Waals surface area contributed by atoms with Crippen molar-refractivity contribution in [3.63, 3.8) is 0 Å². The van der Waals surface area contributed by atoms with Crippen molar-refractivity contribution in [2.24, 2.45) is 4.99 Å². The van der Waals surface area contributed by atoms with Crippen molar-refractivity contribution in [1.82, 2.24) is 10.6 Å². The molecule has 0 fully saturated rings. The van der Waals surface area contributed by atoms with Crippen molar-refractivity contribution in [3.05, 3.63) is 65.9 Å². The van der Waals surface area contributed by atoms with E-state index in [4.69, 9.17) is 9.15 Å². The van der Waals surface area contributed by atoms with Crippen molar-refractivity contribution in [3.8, 4) is 5.75 Å². The van der Waals surface area contributed by atoms with Crippen LogP contribution in [0.1, 0.15) is 11.3 Å². The van der Waals surface area contributed by atoms with Crippen LogP contribution in [0.4, 0.5) is 0 Å². The third-order valence-electron chi connectivity index (χ3n) is 3.98. The van der Waals surface area contributed by atoms with E-state index in [1.807, 2.05) is 42.5 Å². The Morgan fingerprint density at radius 3 is 2.60 bits per heavy atom. The van der Waals surface area contributed by atoms with Gasteiger partial charge >= 0.3 is 0 Å². The van der Waals surface area contributed by atoms with Crippen LogP contribution in [0.3, 0.4) is 0 Å². The molecule has 0 aliphatic rings. The minimum absolute atomic E-state index is 0.703. The average molecular weight is 337 g/mol. The molecule has 0 amide bonds. The third kappa shape index (κ3) is 4.53. The Hall–Kier alpha value is -2.95. The quantitative estimate of drug-likeness (QED) is 0.535. The number of para-hydroxylation sites is 1. The first-order valence-electron chi connectivity index (χ1n) is 8.33. The maximum atomic E-state index is 5.82. The Morgan fingerprint density at radius 2 is 1.88 bits per heavy atom. The molecular formula is C20H23N3O2.